The number of nitrogens with zero attached hydrogens (tertiary/aromatic N) is 1. The van der Waals surface area contributed by atoms with E-state index in [0.29, 0.717) is 19.6 Å². The number of rotatable bonds is 5. The van der Waals surface area contributed by atoms with E-state index in [2.05, 4.69) is 17.0 Å². The second-order valence-electron chi connectivity index (χ2n) is 4.87. The van der Waals surface area contributed by atoms with Gasteiger partial charge in [0.15, 0.2) is 0 Å². The van der Waals surface area contributed by atoms with Gasteiger partial charge < -0.3 is 9.84 Å². The molecule has 0 bridgehead atoms. The zero-order valence-electron chi connectivity index (χ0n) is 11.3. The molecule has 1 N–H and O–H groups in total. The summed E-state index contributed by atoms with van der Waals surface area (Å²) >= 11 is 0. The van der Waals surface area contributed by atoms with Gasteiger partial charge in [-0.2, -0.15) is 0 Å². The van der Waals surface area contributed by atoms with Crippen LogP contribution < -0.4 is 0 Å². The van der Waals surface area contributed by atoms with Crippen LogP contribution in [0.25, 0.3) is 0 Å². The van der Waals surface area contributed by atoms with Gasteiger partial charge in [-0.3, -0.25) is 9.69 Å². The number of hydrogen-bond acceptors (Lipinski definition) is 4. The molecule has 19 heavy (non-hydrogen) atoms. The van der Waals surface area contributed by atoms with E-state index in [9.17, 15) is 9.90 Å². The Hall–Kier alpha value is -1.39. The van der Waals surface area contributed by atoms with Crippen LogP contribution >= 0.6 is 0 Å². The molecule has 4 heteroatoms. The minimum Gasteiger partial charge on any atom is -0.466 e. The van der Waals surface area contributed by atoms with Gasteiger partial charge in [-0.15, -0.1) is 0 Å². The van der Waals surface area contributed by atoms with E-state index in [1.54, 1.807) is 0 Å². The molecule has 0 fully saturated rings. The molecule has 1 aliphatic heterocycles. The van der Waals surface area contributed by atoms with Crippen LogP contribution in [0.3, 0.4) is 0 Å². The topological polar surface area (TPSA) is 49.8 Å². The standard InChI is InChI=1S/C15H21NO3/c1-2-19-15(18)7-8-16-9-12-5-3-4-6-14(12)13(10-16)11-17/h3-6,13,17H,2,7-11H2,1H3. The van der Waals surface area contributed by atoms with Gasteiger partial charge in [0.25, 0.3) is 0 Å². The molecule has 1 heterocycles. The van der Waals surface area contributed by atoms with Crippen molar-refractivity contribution in [3.05, 3.63) is 35.4 Å². The zero-order chi connectivity index (χ0) is 13.7. The summed E-state index contributed by atoms with van der Waals surface area (Å²) in [5, 5.41) is 9.50. The van der Waals surface area contributed by atoms with Crippen LogP contribution in [-0.4, -0.2) is 42.3 Å². The maximum absolute atomic E-state index is 11.4. The van der Waals surface area contributed by atoms with E-state index >= 15 is 0 Å². The van der Waals surface area contributed by atoms with Crippen LogP contribution in [0.1, 0.15) is 30.4 Å². The van der Waals surface area contributed by atoms with E-state index in [4.69, 9.17) is 4.74 Å². The summed E-state index contributed by atoms with van der Waals surface area (Å²) in [5.74, 6) is -0.00551. The van der Waals surface area contributed by atoms with Crippen molar-refractivity contribution >= 4 is 5.97 Å². The number of carbonyl (C=O) groups is 1. The lowest BCUT2D eigenvalue weighted by atomic mass is 9.90. The van der Waals surface area contributed by atoms with Gasteiger partial charge in [0.1, 0.15) is 0 Å². The van der Waals surface area contributed by atoms with Crippen LogP contribution in [0.2, 0.25) is 0 Å². The Balaban J connectivity index is 1.97. The average Bonchev–Trinajstić information content (AvgIpc) is 2.44. The highest BCUT2D eigenvalue weighted by atomic mass is 16.5. The number of carbonyl (C=O) groups excluding carboxylic acids is 1. The molecule has 1 atom stereocenters. The van der Waals surface area contributed by atoms with Crippen molar-refractivity contribution in [3.8, 4) is 0 Å². The van der Waals surface area contributed by atoms with Gasteiger partial charge in [-0.05, 0) is 18.1 Å². The number of aliphatic hydroxyl groups excluding tert-OH is 1. The molecule has 104 valence electrons. The van der Waals surface area contributed by atoms with Crippen LogP contribution in [0.4, 0.5) is 0 Å². The van der Waals surface area contributed by atoms with Crippen molar-refractivity contribution in [3.63, 3.8) is 0 Å². The monoisotopic (exact) mass is 263 g/mol. The van der Waals surface area contributed by atoms with Crippen molar-refractivity contribution < 1.29 is 14.6 Å². The highest BCUT2D eigenvalue weighted by molar-refractivity contribution is 5.69. The van der Waals surface area contributed by atoms with Gasteiger partial charge in [0.05, 0.1) is 19.6 Å². The van der Waals surface area contributed by atoms with E-state index in [1.807, 2.05) is 19.1 Å². The molecular formula is C15H21NO3. The SMILES string of the molecule is CCOC(=O)CCN1Cc2ccccc2C(CO)C1. The van der Waals surface area contributed by atoms with Gasteiger partial charge in [0.2, 0.25) is 0 Å². The first-order chi connectivity index (χ1) is 9.24. The fourth-order valence-electron chi connectivity index (χ4n) is 2.60. The maximum Gasteiger partial charge on any atom is 0.307 e. The molecule has 0 aromatic heterocycles. The first-order valence-electron chi connectivity index (χ1n) is 6.81. The van der Waals surface area contributed by atoms with Crippen molar-refractivity contribution in [2.24, 2.45) is 0 Å². The molecule has 1 aromatic carbocycles. The molecule has 0 amide bonds. The minimum absolute atomic E-state index is 0.146. The van der Waals surface area contributed by atoms with Gasteiger partial charge in [0, 0.05) is 25.6 Å². The summed E-state index contributed by atoms with van der Waals surface area (Å²) < 4.78 is 4.94. The first-order valence-corrected chi connectivity index (χ1v) is 6.81. The van der Waals surface area contributed by atoms with E-state index in [-0.39, 0.29) is 18.5 Å². The van der Waals surface area contributed by atoms with Crippen LogP contribution in [0.5, 0.6) is 0 Å². The number of hydrogen-bond donors (Lipinski definition) is 1. The van der Waals surface area contributed by atoms with Crippen LogP contribution in [-0.2, 0) is 16.1 Å². The number of esters is 1. The van der Waals surface area contributed by atoms with Crippen molar-refractivity contribution in [1.82, 2.24) is 4.90 Å². The number of fused-ring (bicyclic) bond motifs is 1. The third-order valence-corrected chi connectivity index (χ3v) is 3.53. The minimum atomic E-state index is -0.151. The van der Waals surface area contributed by atoms with Crippen molar-refractivity contribution in [2.75, 3.05) is 26.3 Å². The molecule has 0 saturated carbocycles. The second kappa shape index (κ2) is 6.68. The molecule has 1 unspecified atom stereocenters. The van der Waals surface area contributed by atoms with Gasteiger partial charge >= 0.3 is 5.97 Å². The molecule has 0 saturated heterocycles. The summed E-state index contributed by atoms with van der Waals surface area (Å²) in [4.78, 5) is 13.6. The Kier molecular flexibility index (Phi) is 4.93. The fraction of sp³-hybridized carbons (Fsp3) is 0.533. The lowest BCUT2D eigenvalue weighted by Crippen LogP contribution is -2.36. The normalized spacial score (nSPS) is 18.9. The molecule has 2 rings (SSSR count). The van der Waals surface area contributed by atoms with Crippen LogP contribution in [0.15, 0.2) is 24.3 Å². The van der Waals surface area contributed by atoms with Gasteiger partial charge in [-0.1, -0.05) is 24.3 Å². The fourth-order valence-corrected chi connectivity index (χ4v) is 2.60. The molecule has 1 aromatic rings. The quantitative estimate of drug-likeness (QED) is 0.819. The Morgan fingerprint density at radius 1 is 1.47 bits per heavy atom. The predicted octanol–water partition coefficient (Wildman–Crippen LogP) is 1.53. The first kappa shape index (κ1) is 14.0. The highest BCUT2D eigenvalue weighted by Crippen LogP contribution is 2.27. The summed E-state index contributed by atoms with van der Waals surface area (Å²) in [6.45, 7) is 4.72. The largest absolute Gasteiger partial charge is 0.466 e. The van der Waals surface area contributed by atoms with Gasteiger partial charge in [-0.25, -0.2) is 0 Å². The lowest BCUT2D eigenvalue weighted by Gasteiger charge is -2.33. The maximum atomic E-state index is 11.4. The smallest absolute Gasteiger partial charge is 0.307 e. The van der Waals surface area contributed by atoms with E-state index in [1.165, 1.54) is 11.1 Å². The van der Waals surface area contributed by atoms with E-state index < -0.39 is 0 Å². The molecule has 1 aliphatic rings. The number of benzene rings is 1. The third kappa shape index (κ3) is 3.55. The molecule has 0 spiro atoms. The van der Waals surface area contributed by atoms with Crippen molar-refractivity contribution in [1.29, 1.82) is 0 Å². The second-order valence-corrected chi connectivity index (χ2v) is 4.87. The van der Waals surface area contributed by atoms with Crippen LogP contribution in [0, 0.1) is 0 Å². The highest BCUT2D eigenvalue weighted by Gasteiger charge is 2.24. The Labute approximate surface area is 114 Å². The summed E-state index contributed by atoms with van der Waals surface area (Å²) in [5.41, 5.74) is 2.48. The molecule has 0 aliphatic carbocycles. The molecule has 0 radical (unpaired) electrons. The summed E-state index contributed by atoms with van der Waals surface area (Å²) in [6.07, 6.45) is 0.411. The Morgan fingerprint density at radius 3 is 3.00 bits per heavy atom. The molecule has 4 nitrogen and oxygen atoms in total. The summed E-state index contributed by atoms with van der Waals surface area (Å²) in [6, 6.07) is 8.20. The lowest BCUT2D eigenvalue weighted by molar-refractivity contribution is -0.143. The number of aliphatic hydroxyl groups is 1. The zero-order valence-corrected chi connectivity index (χ0v) is 11.3. The Bertz CT molecular complexity index is 433. The Morgan fingerprint density at radius 2 is 2.26 bits per heavy atom. The molecular weight excluding hydrogens is 242 g/mol. The predicted molar refractivity (Wildman–Crippen MR) is 72.8 cm³/mol. The average molecular weight is 263 g/mol. The van der Waals surface area contributed by atoms with E-state index in [0.717, 1.165) is 13.1 Å². The number of ether oxygens (including phenoxy) is 1. The third-order valence-electron chi connectivity index (χ3n) is 3.53. The van der Waals surface area contributed by atoms with Crippen molar-refractivity contribution in [2.45, 2.75) is 25.8 Å². The summed E-state index contributed by atoms with van der Waals surface area (Å²) in [7, 11) is 0.